The fraction of sp³-hybridized carbons (Fsp3) is 0.321. The Labute approximate surface area is 206 Å². The van der Waals surface area contributed by atoms with Crippen molar-refractivity contribution in [3.05, 3.63) is 75.3 Å². The maximum atomic E-state index is 11.2. The van der Waals surface area contributed by atoms with E-state index >= 15 is 0 Å². The van der Waals surface area contributed by atoms with Crippen molar-refractivity contribution >= 4 is 34.2 Å². The van der Waals surface area contributed by atoms with Crippen molar-refractivity contribution < 1.29 is 5.11 Å². The number of phenols is 1. The Morgan fingerprint density at radius 2 is 1.42 bits per heavy atom. The predicted octanol–water partition coefficient (Wildman–Crippen LogP) is 8.61. The van der Waals surface area contributed by atoms with Crippen molar-refractivity contribution in [2.75, 3.05) is 0 Å². The molecule has 0 saturated heterocycles. The highest BCUT2D eigenvalue weighted by molar-refractivity contribution is 6.36. The van der Waals surface area contributed by atoms with Crippen LogP contribution in [0.4, 0.5) is 0 Å². The molecule has 0 saturated carbocycles. The van der Waals surface area contributed by atoms with Gasteiger partial charge in [-0.25, -0.2) is 4.98 Å². The molecule has 3 nitrogen and oxygen atoms in total. The Balaban J connectivity index is 2.14. The molecule has 0 atom stereocenters. The van der Waals surface area contributed by atoms with Crippen molar-refractivity contribution in [2.24, 2.45) is 0 Å². The molecule has 5 heteroatoms. The lowest BCUT2D eigenvalue weighted by Crippen LogP contribution is -2.18. The molecule has 0 radical (unpaired) electrons. The summed E-state index contributed by atoms with van der Waals surface area (Å²) in [5.74, 6) is 1.09. The van der Waals surface area contributed by atoms with Crippen LogP contribution in [-0.4, -0.2) is 14.7 Å². The number of nitrogens with zero attached hydrogens (tertiary/aromatic N) is 2. The maximum Gasteiger partial charge on any atom is 0.147 e. The highest BCUT2D eigenvalue weighted by Crippen LogP contribution is 2.42. The topological polar surface area (TPSA) is 38.0 Å². The Hall–Kier alpha value is -2.49. The smallest absolute Gasteiger partial charge is 0.147 e. The molecule has 1 heterocycles. The van der Waals surface area contributed by atoms with Crippen molar-refractivity contribution in [2.45, 2.75) is 59.3 Å². The molecular formula is C28H30Cl2N2O. The predicted molar refractivity (Wildman–Crippen MR) is 140 cm³/mol. The molecule has 0 spiro atoms. The van der Waals surface area contributed by atoms with Gasteiger partial charge in [0.05, 0.1) is 16.1 Å². The van der Waals surface area contributed by atoms with Gasteiger partial charge in [0.15, 0.2) is 0 Å². The average Bonchev–Trinajstić information content (AvgIpc) is 3.04. The zero-order valence-corrected chi connectivity index (χ0v) is 21.7. The molecule has 0 aliphatic heterocycles. The summed E-state index contributed by atoms with van der Waals surface area (Å²) < 4.78 is 2.13. The number of hydrogen-bond acceptors (Lipinski definition) is 2. The van der Waals surface area contributed by atoms with E-state index in [1.807, 2.05) is 12.1 Å². The quantitative estimate of drug-likeness (QED) is 0.311. The number of hydrogen-bond donors (Lipinski definition) is 1. The van der Waals surface area contributed by atoms with Crippen LogP contribution in [0.1, 0.15) is 58.2 Å². The number of phenolic OH excluding ortho intramolecular Hbond substituents is 1. The molecule has 0 unspecified atom stereocenters. The largest absolute Gasteiger partial charge is 0.507 e. The van der Waals surface area contributed by atoms with E-state index in [4.69, 9.17) is 28.2 Å². The monoisotopic (exact) mass is 480 g/mol. The van der Waals surface area contributed by atoms with Gasteiger partial charge in [0.2, 0.25) is 0 Å². The number of benzene rings is 3. The lowest BCUT2D eigenvalue weighted by Gasteiger charge is -2.28. The number of aryl methyl sites for hydroxylation is 1. The minimum atomic E-state index is -0.245. The van der Waals surface area contributed by atoms with Gasteiger partial charge in [-0.15, -0.1) is 0 Å². The molecule has 3 aromatic carbocycles. The van der Waals surface area contributed by atoms with E-state index < -0.39 is 0 Å². The van der Waals surface area contributed by atoms with E-state index in [9.17, 15) is 5.11 Å². The van der Waals surface area contributed by atoms with Gasteiger partial charge in [-0.05, 0) is 65.8 Å². The summed E-state index contributed by atoms with van der Waals surface area (Å²) in [6.45, 7) is 14.8. The second kappa shape index (κ2) is 8.07. The summed E-state index contributed by atoms with van der Waals surface area (Å²) in [6, 6.07) is 15.9. The number of aromatic hydroxyl groups is 1. The van der Waals surface area contributed by atoms with Crippen molar-refractivity contribution in [1.82, 2.24) is 9.55 Å². The summed E-state index contributed by atoms with van der Waals surface area (Å²) >= 11 is 12.8. The first-order chi connectivity index (χ1) is 15.3. The van der Waals surface area contributed by atoms with Gasteiger partial charge in [0, 0.05) is 27.4 Å². The van der Waals surface area contributed by atoms with Crippen LogP contribution in [-0.2, 0) is 10.8 Å². The van der Waals surface area contributed by atoms with Gasteiger partial charge >= 0.3 is 0 Å². The van der Waals surface area contributed by atoms with E-state index in [-0.39, 0.29) is 10.8 Å². The molecule has 172 valence electrons. The standard InChI is InChI=1S/C28H30Cl2N2O/c1-16-8-11-24-23(12-16)31-26(19-10-9-17(29)13-22(19)30)32(24)18-14-20(27(2,3)4)25(33)21(15-18)28(5,6)7/h8-15,33H,1-7H3. The van der Waals surface area contributed by atoms with Gasteiger partial charge in [-0.3, -0.25) is 4.57 Å². The third kappa shape index (κ3) is 4.37. The average molecular weight is 481 g/mol. The SMILES string of the molecule is Cc1ccc2c(c1)nc(-c1ccc(Cl)cc1Cl)n2-c1cc(C(C)(C)C)c(O)c(C(C)(C)C)c1. The minimum absolute atomic E-state index is 0.245. The number of rotatable bonds is 2. The maximum absolute atomic E-state index is 11.2. The Morgan fingerprint density at radius 3 is 1.97 bits per heavy atom. The molecule has 0 amide bonds. The molecule has 4 rings (SSSR count). The second-order valence-electron chi connectivity index (χ2n) is 10.8. The molecule has 0 aliphatic rings. The van der Waals surface area contributed by atoms with Crippen molar-refractivity contribution in [3.8, 4) is 22.8 Å². The normalized spacial score (nSPS) is 12.5. The summed E-state index contributed by atoms with van der Waals surface area (Å²) in [4.78, 5) is 4.99. The third-order valence-electron chi connectivity index (χ3n) is 5.95. The zero-order valence-electron chi connectivity index (χ0n) is 20.2. The first-order valence-electron chi connectivity index (χ1n) is 11.1. The second-order valence-corrected chi connectivity index (χ2v) is 11.6. The van der Waals surface area contributed by atoms with Crippen LogP contribution in [0.5, 0.6) is 5.75 Å². The van der Waals surface area contributed by atoms with E-state index in [1.165, 1.54) is 0 Å². The molecule has 4 aromatic rings. The van der Waals surface area contributed by atoms with E-state index in [2.05, 4.69) is 83.4 Å². The van der Waals surface area contributed by atoms with Crippen LogP contribution >= 0.6 is 23.2 Å². The van der Waals surface area contributed by atoms with Crippen LogP contribution in [0.2, 0.25) is 10.0 Å². The van der Waals surface area contributed by atoms with Crippen LogP contribution < -0.4 is 0 Å². The minimum Gasteiger partial charge on any atom is -0.507 e. The Kier molecular flexibility index (Phi) is 5.79. The molecule has 33 heavy (non-hydrogen) atoms. The fourth-order valence-corrected chi connectivity index (χ4v) is 4.69. The van der Waals surface area contributed by atoms with Crippen molar-refractivity contribution in [1.29, 1.82) is 0 Å². The molecule has 0 fully saturated rings. The van der Waals surface area contributed by atoms with Gasteiger partial charge in [0.1, 0.15) is 11.6 Å². The first kappa shape index (κ1) is 23.7. The summed E-state index contributed by atoms with van der Waals surface area (Å²) in [6.07, 6.45) is 0. The van der Waals surface area contributed by atoms with E-state index in [0.29, 0.717) is 15.8 Å². The third-order valence-corrected chi connectivity index (χ3v) is 6.50. The summed E-state index contributed by atoms with van der Waals surface area (Å²) in [7, 11) is 0. The highest BCUT2D eigenvalue weighted by atomic mass is 35.5. The lowest BCUT2D eigenvalue weighted by atomic mass is 9.79. The Bertz CT molecular complexity index is 1340. The molecule has 0 bridgehead atoms. The van der Waals surface area contributed by atoms with Crippen LogP contribution in [0.15, 0.2) is 48.5 Å². The number of halogens is 2. The van der Waals surface area contributed by atoms with Gasteiger partial charge in [0.25, 0.3) is 0 Å². The molecule has 1 aromatic heterocycles. The fourth-order valence-electron chi connectivity index (χ4n) is 4.19. The van der Waals surface area contributed by atoms with Crippen LogP contribution in [0.3, 0.4) is 0 Å². The van der Waals surface area contributed by atoms with Crippen LogP contribution in [0.25, 0.3) is 28.1 Å². The van der Waals surface area contributed by atoms with E-state index in [0.717, 1.165) is 44.8 Å². The zero-order chi connectivity index (χ0) is 24.3. The summed E-state index contributed by atoms with van der Waals surface area (Å²) in [5, 5.41) is 12.4. The van der Waals surface area contributed by atoms with Gasteiger partial charge in [-0.2, -0.15) is 0 Å². The van der Waals surface area contributed by atoms with Gasteiger partial charge < -0.3 is 5.11 Å². The Morgan fingerprint density at radius 1 is 0.818 bits per heavy atom. The summed E-state index contributed by atoms with van der Waals surface area (Å²) in [5.41, 5.74) is 6.05. The number of imidazole rings is 1. The number of aromatic nitrogens is 2. The first-order valence-corrected chi connectivity index (χ1v) is 11.9. The highest BCUT2D eigenvalue weighted by Gasteiger charge is 2.28. The van der Waals surface area contributed by atoms with E-state index in [1.54, 1.807) is 6.07 Å². The lowest BCUT2D eigenvalue weighted by molar-refractivity contribution is 0.423. The molecule has 0 aliphatic carbocycles. The van der Waals surface area contributed by atoms with Crippen LogP contribution in [0, 0.1) is 6.92 Å². The molecule has 1 N–H and O–H groups in total. The number of fused-ring (bicyclic) bond motifs is 1. The van der Waals surface area contributed by atoms with Crippen molar-refractivity contribution in [3.63, 3.8) is 0 Å². The van der Waals surface area contributed by atoms with Gasteiger partial charge in [-0.1, -0.05) is 70.8 Å². The molecular weight excluding hydrogens is 451 g/mol.